The van der Waals surface area contributed by atoms with E-state index in [2.05, 4.69) is 9.38 Å². The molecule has 0 saturated carbocycles. The Bertz CT molecular complexity index is 958. The third-order valence-electron chi connectivity index (χ3n) is 2.96. The van der Waals surface area contributed by atoms with Crippen LogP contribution in [0.15, 0.2) is 68.5 Å². The van der Waals surface area contributed by atoms with Crippen LogP contribution in [0.4, 0.5) is 0 Å². The van der Waals surface area contributed by atoms with Gasteiger partial charge in [-0.1, -0.05) is 29.8 Å². The Labute approximate surface area is 121 Å². The molecule has 6 heteroatoms. The number of hydrogen-bond donors (Lipinski definition) is 0. The molecule has 0 aliphatic rings. The molecule has 0 amide bonds. The van der Waals surface area contributed by atoms with Gasteiger partial charge in [0.2, 0.25) is 0 Å². The van der Waals surface area contributed by atoms with Crippen molar-refractivity contribution in [3.05, 3.63) is 66.0 Å². The molecule has 0 spiro atoms. The summed E-state index contributed by atoms with van der Waals surface area (Å²) in [4.78, 5) is 4.20. The molecule has 0 radical (unpaired) electrons. The number of rotatable bonds is 2. The summed E-state index contributed by atoms with van der Waals surface area (Å²) in [7, 11) is -3.83. The predicted octanol–water partition coefficient (Wildman–Crippen LogP) is 2.43. The van der Waals surface area contributed by atoms with Gasteiger partial charge in [0.1, 0.15) is 6.26 Å². The lowest BCUT2D eigenvalue weighted by Crippen LogP contribution is -2.11. The van der Waals surface area contributed by atoms with Crippen molar-refractivity contribution in [2.24, 2.45) is 4.40 Å². The van der Waals surface area contributed by atoms with Crippen LogP contribution >= 0.6 is 0 Å². The van der Waals surface area contributed by atoms with Crippen molar-refractivity contribution in [1.29, 1.82) is 0 Å². The molecule has 0 aliphatic heterocycles. The number of benzene rings is 2. The standard InChI is InChI=1S/C15H12N2O3S/c1-11-6-8-13(9-7-11)21(18,19)17-15-16-14-5-3-2-4-12(14)10-20-15/h2-10H,1H3. The summed E-state index contributed by atoms with van der Waals surface area (Å²) in [6.45, 7) is 1.88. The predicted molar refractivity (Wildman–Crippen MR) is 77.9 cm³/mol. The number of hydrogen-bond acceptors (Lipinski definition) is 4. The van der Waals surface area contributed by atoms with Gasteiger partial charge in [-0.3, -0.25) is 0 Å². The zero-order chi connectivity index (χ0) is 14.9. The molecule has 0 fully saturated rings. The van der Waals surface area contributed by atoms with E-state index in [0.717, 1.165) is 10.9 Å². The monoisotopic (exact) mass is 300 g/mol. The Balaban J connectivity index is 2.12. The third kappa shape index (κ3) is 2.85. The summed E-state index contributed by atoms with van der Waals surface area (Å²) in [5.41, 5.74) is 1.42. The van der Waals surface area contributed by atoms with E-state index in [1.54, 1.807) is 18.2 Å². The molecule has 3 aromatic rings. The lowest BCUT2D eigenvalue weighted by atomic mass is 10.2. The van der Waals surface area contributed by atoms with Crippen LogP contribution in [0.25, 0.3) is 10.9 Å². The topological polar surface area (TPSA) is 72.5 Å². The van der Waals surface area contributed by atoms with Crippen molar-refractivity contribution in [2.45, 2.75) is 11.8 Å². The normalized spacial score (nSPS) is 12.7. The smallest absolute Gasteiger partial charge is 0.333 e. The second-order valence-corrected chi connectivity index (χ2v) is 6.17. The molecule has 1 aromatic heterocycles. The Morgan fingerprint density at radius 1 is 1.05 bits per heavy atom. The van der Waals surface area contributed by atoms with Gasteiger partial charge in [0.25, 0.3) is 10.0 Å². The fourth-order valence-electron chi connectivity index (χ4n) is 1.84. The van der Waals surface area contributed by atoms with E-state index < -0.39 is 10.0 Å². The molecule has 3 rings (SSSR count). The number of sulfonamides is 1. The molecule has 1 heterocycles. The molecule has 0 unspecified atom stereocenters. The second kappa shape index (κ2) is 5.14. The molecule has 0 saturated heterocycles. The Morgan fingerprint density at radius 3 is 2.52 bits per heavy atom. The van der Waals surface area contributed by atoms with E-state index in [4.69, 9.17) is 4.42 Å². The van der Waals surface area contributed by atoms with Gasteiger partial charge in [-0.25, -0.2) is 0 Å². The highest BCUT2D eigenvalue weighted by Crippen LogP contribution is 2.13. The highest BCUT2D eigenvalue weighted by atomic mass is 32.2. The SMILES string of the molecule is Cc1ccc(S(=O)(=O)N=c2nc3ccccc3co2)cc1. The Kier molecular flexibility index (Phi) is 3.31. The van der Waals surface area contributed by atoms with Crippen molar-refractivity contribution >= 4 is 20.9 Å². The third-order valence-corrected chi connectivity index (χ3v) is 4.23. The number of para-hydroxylation sites is 1. The Hall–Kier alpha value is -2.47. The fraction of sp³-hybridized carbons (Fsp3) is 0.0667. The van der Waals surface area contributed by atoms with Gasteiger partial charge in [-0.2, -0.15) is 13.4 Å². The van der Waals surface area contributed by atoms with Crippen molar-refractivity contribution in [1.82, 2.24) is 4.98 Å². The quantitative estimate of drug-likeness (QED) is 0.728. The first-order valence-corrected chi connectivity index (χ1v) is 7.71. The Morgan fingerprint density at radius 2 is 1.76 bits per heavy atom. The molecular weight excluding hydrogens is 288 g/mol. The van der Waals surface area contributed by atoms with Crippen LogP contribution in [-0.4, -0.2) is 13.4 Å². The van der Waals surface area contributed by atoms with E-state index in [9.17, 15) is 8.42 Å². The first-order valence-electron chi connectivity index (χ1n) is 6.27. The summed E-state index contributed by atoms with van der Waals surface area (Å²) in [6, 6.07) is 13.7. The number of aromatic nitrogens is 1. The largest absolute Gasteiger partial charge is 0.431 e. The van der Waals surface area contributed by atoms with Crippen LogP contribution in [-0.2, 0) is 10.0 Å². The van der Waals surface area contributed by atoms with Crippen LogP contribution in [0.3, 0.4) is 0 Å². The molecule has 21 heavy (non-hydrogen) atoms. The highest BCUT2D eigenvalue weighted by molar-refractivity contribution is 7.90. The minimum atomic E-state index is -3.83. The van der Waals surface area contributed by atoms with Crippen LogP contribution < -0.4 is 5.68 Å². The van der Waals surface area contributed by atoms with E-state index in [-0.39, 0.29) is 10.6 Å². The van der Waals surface area contributed by atoms with Crippen molar-refractivity contribution < 1.29 is 12.8 Å². The van der Waals surface area contributed by atoms with Gasteiger partial charge in [0, 0.05) is 5.39 Å². The van der Waals surface area contributed by atoms with Crippen LogP contribution in [0.1, 0.15) is 5.56 Å². The van der Waals surface area contributed by atoms with Gasteiger partial charge >= 0.3 is 5.68 Å². The van der Waals surface area contributed by atoms with Crippen molar-refractivity contribution in [3.8, 4) is 0 Å². The van der Waals surface area contributed by atoms with E-state index in [1.165, 1.54) is 18.4 Å². The maximum Gasteiger partial charge on any atom is 0.333 e. The van der Waals surface area contributed by atoms with Crippen molar-refractivity contribution in [2.75, 3.05) is 0 Å². The van der Waals surface area contributed by atoms with E-state index in [1.807, 2.05) is 25.1 Å². The van der Waals surface area contributed by atoms with Crippen LogP contribution in [0.5, 0.6) is 0 Å². The molecule has 2 aromatic carbocycles. The van der Waals surface area contributed by atoms with Gasteiger partial charge in [0.05, 0.1) is 10.4 Å². The number of nitrogens with zero attached hydrogens (tertiary/aromatic N) is 2. The molecule has 0 bridgehead atoms. The summed E-state index contributed by atoms with van der Waals surface area (Å²) in [6.07, 6.45) is 1.44. The van der Waals surface area contributed by atoms with Crippen LogP contribution in [0, 0.1) is 6.92 Å². The lowest BCUT2D eigenvalue weighted by molar-refractivity contribution is 0.477. The van der Waals surface area contributed by atoms with Gasteiger partial charge in [-0.15, -0.1) is 4.40 Å². The first kappa shape index (κ1) is 13.5. The summed E-state index contributed by atoms with van der Waals surface area (Å²) in [5.74, 6) is 0. The molecule has 0 atom stereocenters. The second-order valence-electron chi connectivity index (χ2n) is 4.57. The molecule has 0 aliphatic carbocycles. The summed E-state index contributed by atoms with van der Waals surface area (Å²) in [5, 5.41) is 0.782. The summed E-state index contributed by atoms with van der Waals surface area (Å²) < 4.78 is 33.2. The van der Waals surface area contributed by atoms with E-state index in [0.29, 0.717) is 5.52 Å². The zero-order valence-electron chi connectivity index (χ0n) is 11.2. The summed E-state index contributed by atoms with van der Waals surface area (Å²) >= 11 is 0. The van der Waals surface area contributed by atoms with Gasteiger partial charge < -0.3 is 4.42 Å². The molecule has 106 valence electrons. The minimum Gasteiger partial charge on any atom is -0.431 e. The molecule has 0 N–H and O–H groups in total. The zero-order valence-corrected chi connectivity index (χ0v) is 12.0. The maximum absolute atomic E-state index is 12.2. The molecular formula is C15H12N2O3S. The average Bonchev–Trinajstić information content (AvgIpc) is 2.47. The maximum atomic E-state index is 12.2. The first-order chi connectivity index (χ1) is 10.0. The fourth-order valence-corrected chi connectivity index (χ4v) is 2.72. The minimum absolute atomic E-state index is 0.109. The van der Waals surface area contributed by atoms with E-state index >= 15 is 0 Å². The number of fused-ring (bicyclic) bond motifs is 1. The average molecular weight is 300 g/mol. The van der Waals surface area contributed by atoms with Gasteiger partial charge in [0.15, 0.2) is 0 Å². The lowest BCUT2D eigenvalue weighted by Gasteiger charge is -1.99. The van der Waals surface area contributed by atoms with Gasteiger partial charge in [-0.05, 0) is 31.2 Å². The van der Waals surface area contributed by atoms with Crippen LogP contribution in [0.2, 0.25) is 0 Å². The van der Waals surface area contributed by atoms with Crippen molar-refractivity contribution in [3.63, 3.8) is 0 Å². The molecule has 5 nitrogen and oxygen atoms in total. The number of aryl methyl sites for hydroxylation is 1. The highest BCUT2D eigenvalue weighted by Gasteiger charge is 2.12.